The van der Waals surface area contributed by atoms with Crippen molar-refractivity contribution >= 4 is 5.97 Å². The minimum Gasteiger partial charge on any atom is -0.481 e. The van der Waals surface area contributed by atoms with Crippen molar-refractivity contribution < 1.29 is 15.0 Å². The van der Waals surface area contributed by atoms with E-state index in [0.29, 0.717) is 6.54 Å². The third-order valence-electron chi connectivity index (χ3n) is 3.27. The van der Waals surface area contributed by atoms with Gasteiger partial charge in [-0.15, -0.1) is 0 Å². The normalized spacial score (nSPS) is 20.1. The van der Waals surface area contributed by atoms with Crippen molar-refractivity contribution in [1.82, 2.24) is 5.32 Å². The first-order valence-electron chi connectivity index (χ1n) is 5.72. The Morgan fingerprint density at radius 1 is 1.27 bits per heavy atom. The summed E-state index contributed by atoms with van der Waals surface area (Å²) in [5.41, 5.74) is 0.0107. The summed E-state index contributed by atoms with van der Waals surface area (Å²) in [6.07, 6.45) is 5.90. The van der Waals surface area contributed by atoms with E-state index in [4.69, 9.17) is 5.11 Å². The van der Waals surface area contributed by atoms with Crippen LogP contribution in [0.15, 0.2) is 0 Å². The summed E-state index contributed by atoms with van der Waals surface area (Å²) in [6, 6.07) is 0. The quantitative estimate of drug-likeness (QED) is 0.578. The van der Waals surface area contributed by atoms with Gasteiger partial charge in [0.15, 0.2) is 0 Å². The first kappa shape index (κ1) is 12.5. The van der Waals surface area contributed by atoms with Crippen LogP contribution in [-0.4, -0.2) is 35.9 Å². The molecular weight excluding hydrogens is 194 g/mol. The van der Waals surface area contributed by atoms with Gasteiger partial charge in [-0.05, 0) is 12.8 Å². The molecule has 0 heterocycles. The Hall–Kier alpha value is -0.610. The van der Waals surface area contributed by atoms with Crippen molar-refractivity contribution in [3.63, 3.8) is 0 Å². The van der Waals surface area contributed by atoms with Gasteiger partial charge in [0.25, 0.3) is 0 Å². The highest BCUT2D eigenvalue weighted by Crippen LogP contribution is 2.35. The Kier molecular flexibility index (Phi) is 5.05. The number of carbonyl (C=O) groups is 1. The number of rotatable bonds is 6. The van der Waals surface area contributed by atoms with Crippen LogP contribution >= 0.6 is 0 Å². The average Bonchev–Trinajstić information content (AvgIpc) is 2.26. The third kappa shape index (κ3) is 4.18. The fourth-order valence-corrected chi connectivity index (χ4v) is 2.24. The standard InChI is InChI=1S/C11H21NO3/c13-9-11(5-2-1-3-6-11)8-12-7-4-10(14)15/h12-13H,1-9H2,(H,14,15). The lowest BCUT2D eigenvalue weighted by Crippen LogP contribution is -2.39. The number of aliphatic carboxylic acids is 1. The summed E-state index contributed by atoms with van der Waals surface area (Å²) < 4.78 is 0. The summed E-state index contributed by atoms with van der Waals surface area (Å²) >= 11 is 0. The van der Waals surface area contributed by atoms with Gasteiger partial charge in [-0.3, -0.25) is 4.79 Å². The molecule has 4 heteroatoms. The third-order valence-corrected chi connectivity index (χ3v) is 3.27. The first-order valence-corrected chi connectivity index (χ1v) is 5.72. The van der Waals surface area contributed by atoms with Gasteiger partial charge in [0, 0.05) is 25.1 Å². The second-order valence-corrected chi connectivity index (χ2v) is 4.54. The van der Waals surface area contributed by atoms with Crippen LogP contribution in [0.25, 0.3) is 0 Å². The fraction of sp³-hybridized carbons (Fsp3) is 0.909. The van der Waals surface area contributed by atoms with E-state index in [2.05, 4.69) is 5.32 Å². The number of hydrogen-bond acceptors (Lipinski definition) is 3. The molecule has 3 N–H and O–H groups in total. The maximum atomic E-state index is 10.3. The number of aliphatic hydroxyl groups excluding tert-OH is 1. The highest BCUT2D eigenvalue weighted by Gasteiger charge is 2.30. The van der Waals surface area contributed by atoms with Crippen molar-refractivity contribution in [3.8, 4) is 0 Å². The molecule has 0 saturated heterocycles. The molecule has 88 valence electrons. The molecule has 0 aromatic rings. The Morgan fingerprint density at radius 2 is 1.93 bits per heavy atom. The average molecular weight is 215 g/mol. The second kappa shape index (κ2) is 6.08. The zero-order chi connectivity index (χ0) is 11.1. The van der Waals surface area contributed by atoms with Gasteiger partial charge >= 0.3 is 5.97 Å². The van der Waals surface area contributed by atoms with Crippen LogP contribution in [-0.2, 0) is 4.79 Å². The summed E-state index contributed by atoms with van der Waals surface area (Å²) in [6.45, 7) is 1.46. The van der Waals surface area contributed by atoms with Crippen LogP contribution in [0.5, 0.6) is 0 Å². The van der Waals surface area contributed by atoms with Crippen LogP contribution in [0.3, 0.4) is 0 Å². The lowest BCUT2D eigenvalue weighted by molar-refractivity contribution is -0.136. The summed E-state index contributed by atoms with van der Waals surface area (Å²) in [4.78, 5) is 10.3. The number of carboxylic acid groups (broad SMARTS) is 1. The molecule has 1 aliphatic carbocycles. The number of aliphatic hydroxyl groups is 1. The smallest absolute Gasteiger partial charge is 0.304 e. The molecule has 0 aromatic carbocycles. The van der Waals surface area contributed by atoms with E-state index in [1.54, 1.807) is 0 Å². The summed E-state index contributed by atoms with van der Waals surface area (Å²) in [5, 5.41) is 21.0. The Morgan fingerprint density at radius 3 is 2.47 bits per heavy atom. The highest BCUT2D eigenvalue weighted by atomic mass is 16.4. The van der Waals surface area contributed by atoms with Crippen LogP contribution in [0, 0.1) is 5.41 Å². The summed E-state index contributed by atoms with van der Waals surface area (Å²) in [5.74, 6) is -0.774. The van der Waals surface area contributed by atoms with Crippen LogP contribution in [0.2, 0.25) is 0 Å². The van der Waals surface area contributed by atoms with Gasteiger partial charge in [-0.2, -0.15) is 0 Å². The maximum Gasteiger partial charge on any atom is 0.304 e. The van der Waals surface area contributed by atoms with Gasteiger partial charge in [0.2, 0.25) is 0 Å². The van der Waals surface area contributed by atoms with E-state index in [1.807, 2.05) is 0 Å². The molecular formula is C11H21NO3. The van der Waals surface area contributed by atoms with Crippen molar-refractivity contribution in [1.29, 1.82) is 0 Å². The largest absolute Gasteiger partial charge is 0.481 e. The number of carboxylic acids is 1. The van der Waals surface area contributed by atoms with Crippen LogP contribution < -0.4 is 5.32 Å². The molecule has 0 aromatic heterocycles. The van der Waals surface area contributed by atoms with Gasteiger partial charge in [0.1, 0.15) is 0 Å². The lowest BCUT2D eigenvalue weighted by atomic mass is 9.74. The highest BCUT2D eigenvalue weighted by molar-refractivity contribution is 5.66. The minimum absolute atomic E-state index is 0.0107. The predicted octanol–water partition coefficient (Wildman–Crippen LogP) is 0.993. The zero-order valence-corrected chi connectivity index (χ0v) is 9.17. The molecule has 0 unspecified atom stereocenters. The monoisotopic (exact) mass is 215 g/mol. The van der Waals surface area contributed by atoms with E-state index in [0.717, 1.165) is 19.4 Å². The first-order chi connectivity index (χ1) is 7.18. The van der Waals surface area contributed by atoms with Gasteiger partial charge in [-0.25, -0.2) is 0 Å². The minimum atomic E-state index is -0.774. The maximum absolute atomic E-state index is 10.3. The van der Waals surface area contributed by atoms with Crippen LogP contribution in [0.1, 0.15) is 38.5 Å². The molecule has 0 radical (unpaired) electrons. The fourth-order valence-electron chi connectivity index (χ4n) is 2.24. The molecule has 15 heavy (non-hydrogen) atoms. The molecule has 0 bridgehead atoms. The topological polar surface area (TPSA) is 69.6 Å². The van der Waals surface area contributed by atoms with Gasteiger partial charge < -0.3 is 15.5 Å². The molecule has 4 nitrogen and oxygen atoms in total. The molecule has 1 saturated carbocycles. The second-order valence-electron chi connectivity index (χ2n) is 4.54. The van der Waals surface area contributed by atoms with Crippen molar-refractivity contribution in [2.45, 2.75) is 38.5 Å². The van der Waals surface area contributed by atoms with Gasteiger partial charge in [0.05, 0.1) is 6.42 Å². The molecule has 0 amide bonds. The molecule has 0 spiro atoms. The van der Waals surface area contributed by atoms with Crippen LogP contribution in [0.4, 0.5) is 0 Å². The Labute approximate surface area is 90.7 Å². The Bertz CT molecular complexity index is 200. The summed E-state index contributed by atoms with van der Waals surface area (Å²) in [7, 11) is 0. The Balaban J connectivity index is 2.23. The van der Waals surface area contributed by atoms with Crippen molar-refractivity contribution in [2.24, 2.45) is 5.41 Å². The van der Waals surface area contributed by atoms with E-state index in [9.17, 15) is 9.90 Å². The van der Waals surface area contributed by atoms with Gasteiger partial charge in [-0.1, -0.05) is 19.3 Å². The van der Waals surface area contributed by atoms with E-state index in [1.165, 1.54) is 19.3 Å². The molecule has 0 aliphatic heterocycles. The molecule has 1 rings (SSSR count). The van der Waals surface area contributed by atoms with Crippen molar-refractivity contribution in [3.05, 3.63) is 0 Å². The van der Waals surface area contributed by atoms with E-state index >= 15 is 0 Å². The molecule has 0 atom stereocenters. The zero-order valence-electron chi connectivity index (χ0n) is 9.17. The van der Waals surface area contributed by atoms with E-state index < -0.39 is 5.97 Å². The lowest BCUT2D eigenvalue weighted by Gasteiger charge is -2.35. The number of nitrogens with one attached hydrogen (secondary N) is 1. The SMILES string of the molecule is O=C(O)CCNCC1(CO)CCCCC1. The predicted molar refractivity (Wildman–Crippen MR) is 57.7 cm³/mol. The molecule has 1 fully saturated rings. The number of hydrogen-bond donors (Lipinski definition) is 3. The van der Waals surface area contributed by atoms with E-state index in [-0.39, 0.29) is 18.4 Å². The van der Waals surface area contributed by atoms with Crippen molar-refractivity contribution in [2.75, 3.05) is 19.7 Å². The molecule has 1 aliphatic rings.